The molecular formula is C14H16N2O3S. The van der Waals surface area contributed by atoms with Crippen LogP contribution >= 0.6 is 11.8 Å². The number of carbonyl (C=O) groups is 1. The number of aromatic nitrogens is 1. The highest BCUT2D eigenvalue weighted by Gasteiger charge is 2.26. The van der Waals surface area contributed by atoms with Gasteiger partial charge in [-0.15, -0.1) is 11.8 Å². The number of rotatable bonds is 5. The van der Waals surface area contributed by atoms with E-state index in [2.05, 4.69) is 10.3 Å². The first kappa shape index (κ1) is 14.6. The second-order valence-electron chi connectivity index (χ2n) is 4.52. The Kier molecular flexibility index (Phi) is 4.46. The second kappa shape index (κ2) is 6.11. The van der Waals surface area contributed by atoms with Gasteiger partial charge in [0.05, 0.1) is 17.8 Å². The van der Waals surface area contributed by atoms with Crippen molar-refractivity contribution in [2.45, 2.75) is 17.6 Å². The van der Waals surface area contributed by atoms with E-state index in [0.29, 0.717) is 11.3 Å². The molecule has 1 atom stereocenters. The van der Waals surface area contributed by atoms with Crippen molar-refractivity contribution in [2.75, 3.05) is 12.8 Å². The average molecular weight is 292 g/mol. The Labute approximate surface area is 121 Å². The van der Waals surface area contributed by atoms with Crippen LogP contribution in [0.5, 0.6) is 0 Å². The highest BCUT2D eigenvalue weighted by atomic mass is 32.2. The van der Waals surface area contributed by atoms with Crippen LogP contribution in [-0.4, -0.2) is 28.8 Å². The topological polar surface area (TPSA) is 75.4 Å². The molecule has 106 valence electrons. The van der Waals surface area contributed by atoms with E-state index in [1.54, 1.807) is 37.4 Å². The van der Waals surface area contributed by atoms with Crippen molar-refractivity contribution in [3.05, 3.63) is 48.0 Å². The molecule has 6 heteroatoms. The molecule has 5 nitrogen and oxygen atoms in total. The maximum Gasteiger partial charge on any atom is 0.251 e. The summed E-state index contributed by atoms with van der Waals surface area (Å²) < 4.78 is 5.16. The minimum atomic E-state index is -1.24. The summed E-state index contributed by atoms with van der Waals surface area (Å²) in [4.78, 5) is 16.1. The quantitative estimate of drug-likeness (QED) is 0.825. The Morgan fingerprint density at radius 2 is 2.35 bits per heavy atom. The van der Waals surface area contributed by atoms with Gasteiger partial charge in [-0.05, 0) is 37.4 Å². The zero-order chi connectivity index (χ0) is 14.6. The third kappa shape index (κ3) is 3.40. The summed E-state index contributed by atoms with van der Waals surface area (Å²) in [5, 5.41) is 13.7. The third-order valence-corrected chi connectivity index (χ3v) is 3.49. The van der Waals surface area contributed by atoms with E-state index in [1.807, 2.05) is 6.26 Å². The lowest BCUT2D eigenvalue weighted by Crippen LogP contribution is -2.38. The molecule has 2 aromatic heterocycles. The molecule has 2 aromatic rings. The van der Waals surface area contributed by atoms with Crippen molar-refractivity contribution in [3.63, 3.8) is 0 Å². The maximum absolute atomic E-state index is 12.0. The fourth-order valence-corrected chi connectivity index (χ4v) is 2.10. The highest BCUT2D eigenvalue weighted by molar-refractivity contribution is 7.98. The molecule has 2 heterocycles. The second-order valence-corrected chi connectivity index (χ2v) is 5.35. The van der Waals surface area contributed by atoms with Gasteiger partial charge in [0.15, 0.2) is 0 Å². The fraction of sp³-hybridized carbons (Fsp3) is 0.286. The SMILES string of the molecule is CSc1cc(C(=O)NCC(C)(O)c2ccco2)ccn1. The van der Waals surface area contributed by atoms with E-state index in [9.17, 15) is 9.90 Å². The predicted octanol–water partition coefficient (Wildman–Crippen LogP) is 2.03. The molecule has 2 N–H and O–H groups in total. The van der Waals surface area contributed by atoms with E-state index < -0.39 is 5.60 Å². The summed E-state index contributed by atoms with van der Waals surface area (Å²) in [6.45, 7) is 1.66. The highest BCUT2D eigenvalue weighted by Crippen LogP contribution is 2.20. The number of hydrogen-bond acceptors (Lipinski definition) is 5. The summed E-state index contributed by atoms with van der Waals surface area (Å²) in [6, 6.07) is 6.71. The van der Waals surface area contributed by atoms with Gasteiger partial charge >= 0.3 is 0 Å². The summed E-state index contributed by atoms with van der Waals surface area (Å²) in [6.07, 6.45) is 4.97. The van der Waals surface area contributed by atoms with E-state index in [0.717, 1.165) is 5.03 Å². The molecule has 0 aliphatic rings. The van der Waals surface area contributed by atoms with Gasteiger partial charge in [0, 0.05) is 11.8 Å². The number of amides is 1. The van der Waals surface area contributed by atoms with Crippen molar-refractivity contribution < 1.29 is 14.3 Å². The van der Waals surface area contributed by atoms with E-state index in [4.69, 9.17) is 4.42 Å². The maximum atomic E-state index is 12.0. The first-order chi connectivity index (χ1) is 9.53. The Morgan fingerprint density at radius 3 is 3.00 bits per heavy atom. The summed E-state index contributed by atoms with van der Waals surface area (Å²) in [7, 11) is 0. The van der Waals surface area contributed by atoms with Gasteiger partial charge in [0.1, 0.15) is 11.4 Å². The first-order valence-electron chi connectivity index (χ1n) is 6.07. The van der Waals surface area contributed by atoms with Crippen LogP contribution in [0.1, 0.15) is 23.0 Å². The van der Waals surface area contributed by atoms with Gasteiger partial charge < -0.3 is 14.8 Å². The molecule has 0 fully saturated rings. The van der Waals surface area contributed by atoms with Crippen molar-refractivity contribution in [3.8, 4) is 0 Å². The van der Waals surface area contributed by atoms with Gasteiger partial charge in [0.25, 0.3) is 5.91 Å². The van der Waals surface area contributed by atoms with Crippen molar-refractivity contribution >= 4 is 17.7 Å². The fourth-order valence-electron chi connectivity index (χ4n) is 1.69. The molecule has 1 unspecified atom stereocenters. The molecule has 0 saturated carbocycles. The molecule has 0 bridgehead atoms. The van der Waals surface area contributed by atoms with Crippen LogP contribution in [-0.2, 0) is 5.60 Å². The lowest BCUT2D eigenvalue weighted by atomic mass is 10.0. The number of nitrogens with zero attached hydrogens (tertiary/aromatic N) is 1. The van der Waals surface area contributed by atoms with Crippen LogP contribution in [0.4, 0.5) is 0 Å². The Bertz CT molecular complexity index is 582. The molecule has 0 spiro atoms. The van der Waals surface area contributed by atoms with Crippen molar-refractivity contribution in [1.82, 2.24) is 10.3 Å². The van der Waals surface area contributed by atoms with Gasteiger partial charge in [-0.1, -0.05) is 0 Å². The molecule has 0 saturated heterocycles. The summed E-state index contributed by atoms with van der Waals surface area (Å²) >= 11 is 1.47. The number of aliphatic hydroxyl groups is 1. The number of carbonyl (C=O) groups excluding carboxylic acids is 1. The van der Waals surface area contributed by atoms with E-state index >= 15 is 0 Å². The molecular weight excluding hydrogens is 276 g/mol. The number of thioether (sulfide) groups is 1. The molecule has 0 radical (unpaired) electrons. The molecule has 0 aromatic carbocycles. The van der Waals surface area contributed by atoms with Gasteiger partial charge in [-0.3, -0.25) is 4.79 Å². The zero-order valence-electron chi connectivity index (χ0n) is 11.3. The summed E-state index contributed by atoms with van der Waals surface area (Å²) in [5.74, 6) is 0.159. The first-order valence-corrected chi connectivity index (χ1v) is 7.30. The molecule has 2 rings (SSSR count). The Morgan fingerprint density at radius 1 is 1.55 bits per heavy atom. The Balaban J connectivity index is 2.01. The van der Waals surface area contributed by atoms with Crippen LogP contribution in [0.3, 0.4) is 0 Å². The number of nitrogens with one attached hydrogen (secondary N) is 1. The van der Waals surface area contributed by atoms with Crippen LogP contribution in [0.2, 0.25) is 0 Å². The van der Waals surface area contributed by atoms with Crippen molar-refractivity contribution in [1.29, 1.82) is 0 Å². The zero-order valence-corrected chi connectivity index (χ0v) is 12.1. The molecule has 20 heavy (non-hydrogen) atoms. The number of furan rings is 1. The van der Waals surface area contributed by atoms with Gasteiger partial charge in [0.2, 0.25) is 0 Å². The average Bonchev–Trinajstić information content (AvgIpc) is 3.00. The van der Waals surface area contributed by atoms with Crippen LogP contribution in [0, 0.1) is 0 Å². The van der Waals surface area contributed by atoms with Crippen molar-refractivity contribution in [2.24, 2.45) is 0 Å². The largest absolute Gasteiger partial charge is 0.466 e. The molecule has 0 aliphatic heterocycles. The van der Waals surface area contributed by atoms with Gasteiger partial charge in [-0.2, -0.15) is 0 Å². The van der Waals surface area contributed by atoms with E-state index in [-0.39, 0.29) is 12.5 Å². The number of hydrogen-bond donors (Lipinski definition) is 2. The molecule has 0 aliphatic carbocycles. The molecule has 1 amide bonds. The standard InChI is InChI=1S/C14H16N2O3S/c1-14(18,11-4-3-7-19-11)9-16-13(17)10-5-6-15-12(8-10)20-2/h3-8,18H,9H2,1-2H3,(H,16,17). The smallest absolute Gasteiger partial charge is 0.251 e. The van der Waals surface area contributed by atoms with E-state index in [1.165, 1.54) is 18.0 Å². The lowest BCUT2D eigenvalue weighted by Gasteiger charge is -2.21. The van der Waals surface area contributed by atoms with Gasteiger partial charge in [-0.25, -0.2) is 4.98 Å². The van der Waals surface area contributed by atoms with Crippen LogP contribution < -0.4 is 5.32 Å². The predicted molar refractivity (Wildman–Crippen MR) is 76.6 cm³/mol. The monoisotopic (exact) mass is 292 g/mol. The normalized spacial score (nSPS) is 13.8. The van der Waals surface area contributed by atoms with Crippen LogP contribution in [0.25, 0.3) is 0 Å². The Hall–Kier alpha value is -1.79. The number of pyridine rings is 1. The van der Waals surface area contributed by atoms with Crippen LogP contribution in [0.15, 0.2) is 46.2 Å². The lowest BCUT2D eigenvalue weighted by molar-refractivity contribution is 0.0330. The third-order valence-electron chi connectivity index (χ3n) is 2.85. The minimum Gasteiger partial charge on any atom is -0.466 e. The minimum absolute atomic E-state index is 0.0657. The summed E-state index contributed by atoms with van der Waals surface area (Å²) in [5.41, 5.74) is -0.728.